The highest BCUT2D eigenvalue weighted by molar-refractivity contribution is 5.45. The van der Waals surface area contributed by atoms with Gasteiger partial charge in [0.15, 0.2) is 0 Å². The van der Waals surface area contributed by atoms with E-state index in [1.807, 2.05) is 13.0 Å². The number of aryl methyl sites for hydroxylation is 1. The van der Waals surface area contributed by atoms with Crippen molar-refractivity contribution in [3.63, 3.8) is 0 Å². The molecule has 1 aliphatic rings. The van der Waals surface area contributed by atoms with Gasteiger partial charge in [-0.05, 0) is 25.7 Å². The van der Waals surface area contributed by atoms with E-state index in [0.29, 0.717) is 11.6 Å². The molecule has 120 valence electrons. The van der Waals surface area contributed by atoms with Crippen molar-refractivity contribution in [2.75, 3.05) is 11.9 Å². The number of hydrogen-bond donors (Lipinski definition) is 3. The summed E-state index contributed by atoms with van der Waals surface area (Å²) in [5.41, 5.74) is 0.812. The van der Waals surface area contributed by atoms with Gasteiger partial charge in [-0.15, -0.1) is 0 Å². The first-order valence-electron chi connectivity index (χ1n) is 7.92. The van der Waals surface area contributed by atoms with E-state index in [0.717, 1.165) is 31.4 Å². The van der Waals surface area contributed by atoms with Crippen LogP contribution in [-0.2, 0) is 0 Å². The number of fused-ring (bicyclic) bond motifs is 1. The average Bonchev–Trinajstić information content (AvgIpc) is 3.01. The predicted molar refractivity (Wildman–Crippen MR) is 82.6 cm³/mol. The molecule has 2 atom stereocenters. The molecule has 2 aromatic heterocycles. The van der Waals surface area contributed by atoms with E-state index in [9.17, 15) is 10.2 Å². The van der Waals surface area contributed by atoms with Crippen LogP contribution >= 0.6 is 0 Å². The summed E-state index contributed by atoms with van der Waals surface area (Å²) in [5, 5.41) is 27.7. The molecule has 22 heavy (non-hydrogen) atoms. The van der Waals surface area contributed by atoms with E-state index in [2.05, 4.69) is 20.4 Å². The number of anilines is 1. The quantitative estimate of drug-likeness (QED) is 0.767. The summed E-state index contributed by atoms with van der Waals surface area (Å²) in [5.74, 6) is 1.44. The maximum Gasteiger partial charge on any atom is 0.254 e. The van der Waals surface area contributed by atoms with Crippen LogP contribution < -0.4 is 5.32 Å². The van der Waals surface area contributed by atoms with Crippen LogP contribution in [-0.4, -0.2) is 48.5 Å². The smallest absolute Gasteiger partial charge is 0.254 e. The van der Waals surface area contributed by atoms with Crippen LogP contribution in [0.4, 0.5) is 5.82 Å². The molecule has 2 heterocycles. The fourth-order valence-electron chi connectivity index (χ4n) is 3.27. The lowest BCUT2D eigenvalue weighted by Gasteiger charge is -2.32. The molecule has 2 aromatic rings. The summed E-state index contributed by atoms with van der Waals surface area (Å²) in [6.07, 6.45) is 6.46. The Bertz CT molecular complexity index is 623. The molecule has 7 nitrogen and oxygen atoms in total. The Hall–Kier alpha value is -1.73. The first kappa shape index (κ1) is 15.2. The Morgan fingerprint density at radius 1 is 1.36 bits per heavy atom. The van der Waals surface area contributed by atoms with Gasteiger partial charge < -0.3 is 15.5 Å². The Morgan fingerprint density at radius 3 is 2.86 bits per heavy atom. The molecule has 0 aliphatic heterocycles. The van der Waals surface area contributed by atoms with Crippen LogP contribution in [0.1, 0.15) is 37.8 Å². The van der Waals surface area contributed by atoms with Crippen LogP contribution in [0.3, 0.4) is 0 Å². The standard InChI is InChI=1S/C15H23N5O2/c1-10-7-13(20-15(18-10)16-9-17-20)19-12(8-21)14(22)11-5-3-2-4-6-11/h7,9,11-12,14,19,21-22H,2-6,8H2,1H3/t12-,14+/m1/s1. The SMILES string of the molecule is Cc1cc(N[C@H](CO)[C@@H](O)C2CCCCC2)n2ncnc2n1. The Morgan fingerprint density at radius 2 is 2.14 bits per heavy atom. The molecule has 0 radical (unpaired) electrons. The van der Waals surface area contributed by atoms with Crippen LogP contribution in [0, 0.1) is 12.8 Å². The summed E-state index contributed by atoms with van der Waals surface area (Å²) in [4.78, 5) is 8.37. The molecule has 0 saturated heterocycles. The Labute approximate surface area is 129 Å². The molecule has 0 spiro atoms. The summed E-state index contributed by atoms with van der Waals surface area (Å²) >= 11 is 0. The number of hydrogen-bond acceptors (Lipinski definition) is 6. The van der Waals surface area contributed by atoms with E-state index in [1.54, 1.807) is 4.52 Å². The zero-order valence-electron chi connectivity index (χ0n) is 12.8. The van der Waals surface area contributed by atoms with Gasteiger partial charge in [-0.3, -0.25) is 0 Å². The highest BCUT2D eigenvalue weighted by Gasteiger charge is 2.29. The van der Waals surface area contributed by atoms with E-state index in [1.165, 1.54) is 12.7 Å². The highest BCUT2D eigenvalue weighted by Crippen LogP contribution is 2.28. The third kappa shape index (κ3) is 3.05. The van der Waals surface area contributed by atoms with Crippen molar-refractivity contribution in [2.45, 2.75) is 51.2 Å². The molecule has 0 bridgehead atoms. The van der Waals surface area contributed by atoms with Crippen molar-refractivity contribution in [1.29, 1.82) is 0 Å². The number of aliphatic hydroxyl groups is 2. The maximum absolute atomic E-state index is 10.6. The second-order valence-corrected chi connectivity index (χ2v) is 6.08. The molecule has 3 N–H and O–H groups in total. The number of aromatic nitrogens is 4. The monoisotopic (exact) mass is 305 g/mol. The third-order valence-electron chi connectivity index (χ3n) is 4.45. The van der Waals surface area contributed by atoms with Crippen molar-refractivity contribution in [2.24, 2.45) is 5.92 Å². The van der Waals surface area contributed by atoms with Crippen LogP contribution in [0.15, 0.2) is 12.4 Å². The topological polar surface area (TPSA) is 95.6 Å². The molecule has 0 unspecified atom stereocenters. The normalized spacial score (nSPS) is 19.2. The molecule has 0 amide bonds. The second-order valence-electron chi connectivity index (χ2n) is 6.08. The minimum absolute atomic E-state index is 0.130. The molecule has 0 aromatic carbocycles. The van der Waals surface area contributed by atoms with E-state index < -0.39 is 12.1 Å². The molecule has 1 aliphatic carbocycles. The summed E-state index contributed by atoms with van der Waals surface area (Å²) in [6.45, 7) is 1.75. The minimum atomic E-state index is -0.572. The molecular formula is C15H23N5O2. The van der Waals surface area contributed by atoms with Crippen molar-refractivity contribution in [3.8, 4) is 0 Å². The maximum atomic E-state index is 10.6. The lowest BCUT2D eigenvalue weighted by Crippen LogP contribution is -2.42. The second kappa shape index (κ2) is 6.58. The van der Waals surface area contributed by atoms with Gasteiger partial charge in [0, 0.05) is 11.8 Å². The molecule has 7 heteroatoms. The number of rotatable bonds is 5. The van der Waals surface area contributed by atoms with Crippen LogP contribution in [0.5, 0.6) is 0 Å². The Kier molecular flexibility index (Phi) is 4.54. The van der Waals surface area contributed by atoms with Gasteiger partial charge in [-0.1, -0.05) is 19.3 Å². The fourth-order valence-corrected chi connectivity index (χ4v) is 3.27. The molecular weight excluding hydrogens is 282 g/mol. The lowest BCUT2D eigenvalue weighted by atomic mass is 9.83. The van der Waals surface area contributed by atoms with Gasteiger partial charge >= 0.3 is 0 Å². The highest BCUT2D eigenvalue weighted by atomic mass is 16.3. The summed E-state index contributed by atoms with van der Waals surface area (Å²) < 4.78 is 1.59. The molecule has 1 saturated carbocycles. The van der Waals surface area contributed by atoms with Gasteiger partial charge in [-0.25, -0.2) is 4.98 Å². The number of nitrogens with one attached hydrogen (secondary N) is 1. The average molecular weight is 305 g/mol. The molecule has 1 fully saturated rings. The largest absolute Gasteiger partial charge is 0.394 e. The van der Waals surface area contributed by atoms with E-state index in [4.69, 9.17) is 0 Å². The van der Waals surface area contributed by atoms with Crippen LogP contribution in [0.25, 0.3) is 5.78 Å². The van der Waals surface area contributed by atoms with Crippen molar-refractivity contribution < 1.29 is 10.2 Å². The summed E-state index contributed by atoms with van der Waals surface area (Å²) in [6, 6.07) is 1.43. The van der Waals surface area contributed by atoms with Crippen molar-refractivity contribution >= 4 is 11.6 Å². The third-order valence-corrected chi connectivity index (χ3v) is 4.45. The van der Waals surface area contributed by atoms with Gasteiger partial charge in [-0.2, -0.15) is 14.6 Å². The number of nitrogens with zero attached hydrogens (tertiary/aromatic N) is 4. The van der Waals surface area contributed by atoms with E-state index >= 15 is 0 Å². The summed E-state index contributed by atoms with van der Waals surface area (Å²) in [7, 11) is 0. The zero-order chi connectivity index (χ0) is 15.5. The fraction of sp³-hybridized carbons (Fsp3) is 0.667. The molecule has 3 rings (SSSR count). The minimum Gasteiger partial charge on any atom is -0.394 e. The first-order valence-corrected chi connectivity index (χ1v) is 7.92. The number of aliphatic hydroxyl groups excluding tert-OH is 2. The van der Waals surface area contributed by atoms with Gasteiger partial charge in [0.25, 0.3) is 5.78 Å². The zero-order valence-corrected chi connectivity index (χ0v) is 12.8. The van der Waals surface area contributed by atoms with Gasteiger partial charge in [0.05, 0.1) is 18.8 Å². The first-order chi connectivity index (χ1) is 10.7. The van der Waals surface area contributed by atoms with Gasteiger partial charge in [0.2, 0.25) is 0 Å². The van der Waals surface area contributed by atoms with Crippen LogP contribution in [0.2, 0.25) is 0 Å². The lowest BCUT2D eigenvalue weighted by molar-refractivity contribution is 0.0492. The predicted octanol–water partition coefficient (Wildman–Crippen LogP) is 1.15. The van der Waals surface area contributed by atoms with Gasteiger partial charge in [0.1, 0.15) is 12.1 Å². The van der Waals surface area contributed by atoms with Crippen molar-refractivity contribution in [3.05, 3.63) is 18.1 Å². The van der Waals surface area contributed by atoms with Crippen molar-refractivity contribution in [1.82, 2.24) is 19.6 Å². The Balaban J connectivity index is 1.80. The van der Waals surface area contributed by atoms with E-state index in [-0.39, 0.29) is 12.5 Å².